The van der Waals surface area contributed by atoms with Crippen LogP contribution in [0.1, 0.15) is 58.6 Å². The molecule has 1 fully saturated rings. The Labute approximate surface area is 182 Å². The van der Waals surface area contributed by atoms with E-state index in [1.54, 1.807) is 16.7 Å². The van der Waals surface area contributed by atoms with E-state index in [1.165, 1.54) is 0 Å². The van der Waals surface area contributed by atoms with Gasteiger partial charge in [0.25, 0.3) is 0 Å². The van der Waals surface area contributed by atoms with Crippen LogP contribution >= 0.6 is 11.8 Å². The number of carbonyl (C=O) groups excluding carboxylic acids is 2. The average molecular weight is 431 g/mol. The van der Waals surface area contributed by atoms with Gasteiger partial charge in [0, 0.05) is 12.2 Å². The van der Waals surface area contributed by atoms with Crippen molar-refractivity contribution in [1.29, 1.82) is 0 Å². The number of amides is 1. The number of unbranched alkanes of at least 4 members (excludes halogenated alkanes) is 1. The first kappa shape index (κ1) is 22.4. The number of hydrogen-bond acceptors (Lipinski definition) is 6. The number of aliphatic imine (C=N–C) groups is 1. The van der Waals surface area contributed by atoms with Crippen molar-refractivity contribution in [1.82, 2.24) is 4.90 Å². The molecule has 2 aliphatic rings. The lowest BCUT2D eigenvalue weighted by atomic mass is 9.94. The van der Waals surface area contributed by atoms with Crippen molar-refractivity contribution >= 4 is 28.8 Å². The molecule has 0 spiro atoms. The molecule has 0 radical (unpaired) electrons. The second-order valence-corrected chi connectivity index (χ2v) is 8.98. The van der Waals surface area contributed by atoms with Crippen LogP contribution in [0.25, 0.3) is 0 Å². The van der Waals surface area contributed by atoms with E-state index in [2.05, 4.69) is 11.9 Å². The SMILES string of the molecule is CCCCOc1ccc(C2C(C(=O)OCC(C)C)=C(C)N=C3SCCC(=O)N32)cc1. The highest BCUT2D eigenvalue weighted by Gasteiger charge is 2.41. The molecule has 1 saturated heterocycles. The molecule has 0 aliphatic carbocycles. The first-order chi connectivity index (χ1) is 14.4. The largest absolute Gasteiger partial charge is 0.494 e. The van der Waals surface area contributed by atoms with E-state index in [4.69, 9.17) is 9.47 Å². The monoisotopic (exact) mass is 430 g/mol. The smallest absolute Gasteiger partial charge is 0.338 e. The summed E-state index contributed by atoms with van der Waals surface area (Å²) in [4.78, 5) is 32.0. The summed E-state index contributed by atoms with van der Waals surface area (Å²) >= 11 is 1.55. The molecule has 1 aromatic rings. The van der Waals surface area contributed by atoms with Gasteiger partial charge in [0.05, 0.1) is 30.5 Å². The fourth-order valence-corrected chi connectivity index (χ4v) is 4.38. The Hall–Kier alpha value is -2.28. The van der Waals surface area contributed by atoms with Gasteiger partial charge in [0.2, 0.25) is 5.91 Å². The van der Waals surface area contributed by atoms with E-state index in [0.717, 1.165) is 24.2 Å². The van der Waals surface area contributed by atoms with Crippen LogP contribution in [0.3, 0.4) is 0 Å². The highest BCUT2D eigenvalue weighted by Crippen LogP contribution is 2.40. The predicted octanol–water partition coefficient (Wildman–Crippen LogP) is 4.71. The molecule has 2 aliphatic heterocycles. The van der Waals surface area contributed by atoms with Crippen LogP contribution in [0.15, 0.2) is 40.5 Å². The van der Waals surface area contributed by atoms with Gasteiger partial charge in [0.15, 0.2) is 5.17 Å². The van der Waals surface area contributed by atoms with Crippen molar-refractivity contribution in [2.24, 2.45) is 10.9 Å². The summed E-state index contributed by atoms with van der Waals surface area (Å²) in [6.07, 6.45) is 2.49. The third kappa shape index (κ3) is 5.06. The Morgan fingerprint density at radius 1 is 1.30 bits per heavy atom. The molecule has 1 atom stereocenters. The number of esters is 1. The van der Waals surface area contributed by atoms with Gasteiger partial charge >= 0.3 is 5.97 Å². The minimum Gasteiger partial charge on any atom is -0.494 e. The summed E-state index contributed by atoms with van der Waals surface area (Å²) in [6.45, 7) is 8.91. The summed E-state index contributed by atoms with van der Waals surface area (Å²) < 4.78 is 11.3. The zero-order valence-corrected chi connectivity index (χ0v) is 19.0. The van der Waals surface area contributed by atoms with Gasteiger partial charge < -0.3 is 9.47 Å². The molecular weight excluding hydrogens is 400 g/mol. The molecule has 0 aromatic heterocycles. The van der Waals surface area contributed by atoms with Crippen LogP contribution in [0, 0.1) is 5.92 Å². The van der Waals surface area contributed by atoms with Crippen molar-refractivity contribution in [3.05, 3.63) is 41.1 Å². The first-order valence-corrected chi connectivity index (χ1v) is 11.5. The number of thioether (sulfide) groups is 1. The zero-order valence-electron chi connectivity index (χ0n) is 18.1. The lowest BCUT2D eigenvalue weighted by Crippen LogP contribution is -2.45. The maximum absolute atomic E-state index is 13.0. The molecular formula is C23H30N2O4S. The van der Waals surface area contributed by atoms with Crippen molar-refractivity contribution in [2.75, 3.05) is 19.0 Å². The van der Waals surface area contributed by atoms with E-state index in [9.17, 15) is 9.59 Å². The molecule has 162 valence electrons. The molecule has 1 aromatic carbocycles. The molecule has 1 amide bonds. The van der Waals surface area contributed by atoms with Crippen molar-refractivity contribution in [2.45, 2.75) is 53.0 Å². The third-order valence-electron chi connectivity index (χ3n) is 4.94. The highest BCUT2D eigenvalue weighted by atomic mass is 32.2. The van der Waals surface area contributed by atoms with Gasteiger partial charge in [-0.05, 0) is 37.0 Å². The minimum atomic E-state index is -0.540. The summed E-state index contributed by atoms with van der Waals surface area (Å²) in [6, 6.07) is 7.09. The van der Waals surface area contributed by atoms with Crippen molar-refractivity contribution in [3.8, 4) is 5.75 Å². The fraction of sp³-hybridized carbons (Fsp3) is 0.522. The van der Waals surface area contributed by atoms with Gasteiger partial charge in [-0.3, -0.25) is 9.69 Å². The Kier molecular flexibility index (Phi) is 7.58. The number of allylic oxidation sites excluding steroid dienone is 1. The van der Waals surface area contributed by atoms with Crippen molar-refractivity contribution in [3.63, 3.8) is 0 Å². The molecule has 0 bridgehead atoms. The average Bonchev–Trinajstić information content (AvgIpc) is 2.72. The molecule has 2 heterocycles. The number of fused-ring (bicyclic) bond motifs is 1. The standard InChI is InChI=1S/C23H30N2O4S/c1-5-6-12-28-18-9-7-17(8-10-18)21-20(22(27)29-14-15(2)3)16(4)24-23-25(21)19(26)11-13-30-23/h7-10,15,21H,5-6,11-14H2,1-4H3. The van der Waals surface area contributed by atoms with Gasteiger partial charge in [-0.25, -0.2) is 9.79 Å². The predicted molar refractivity (Wildman–Crippen MR) is 119 cm³/mol. The van der Waals surface area contributed by atoms with Gasteiger partial charge in [-0.2, -0.15) is 0 Å². The topological polar surface area (TPSA) is 68.2 Å². The Morgan fingerprint density at radius 2 is 2.03 bits per heavy atom. The van der Waals surface area contributed by atoms with E-state index in [0.29, 0.717) is 41.8 Å². The Morgan fingerprint density at radius 3 is 2.70 bits per heavy atom. The van der Waals surface area contributed by atoms with E-state index in [-0.39, 0.29) is 11.8 Å². The van der Waals surface area contributed by atoms with Gasteiger partial charge in [0.1, 0.15) is 5.75 Å². The highest BCUT2D eigenvalue weighted by molar-refractivity contribution is 8.14. The van der Waals surface area contributed by atoms with E-state index >= 15 is 0 Å². The second kappa shape index (κ2) is 10.2. The van der Waals surface area contributed by atoms with Crippen LogP contribution in [0.4, 0.5) is 0 Å². The Bertz CT molecular complexity index is 845. The number of rotatable bonds is 8. The summed E-state index contributed by atoms with van der Waals surface area (Å²) in [5.74, 6) is 1.26. The second-order valence-electron chi connectivity index (χ2n) is 7.92. The summed E-state index contributed by atoms with van der Waals surface area (Å²) in [5.41, 5.74) is 1.87. The number of benzene rings is 1. The minimum absolute atomic E-state index is 0.0255. The zero-order chi connectivity index (χ0) is 21.7. The molecule has 0 saturated carbocycles. The molecule has 3 rings (SSSR count). The van der Waals surface area contributed by atoms with E-state index < -0.39 is 12.0 Å². The van der Waals surface area contributed by atoms with Crippen LogP contribution in [-0.2, 0) is 14.3 Å². The molecule has 6 nitrogen and oxygen atoms in total. The lowest BCUT2D eigenvalue weighted by molar-refractivity contribution is -0.141. The summed E-state index contributed by atoms with van der Waals surface area (Å²) in [5, 5.41) is 0.650. The number of amidine groups is 1. The van der Waals surface area contributed by atoms with Crippen LogP contribution in [-0.4, -0.2) is 40.9 Å². The number of nitrogens with zero attached hydrogens (tertiary/aromatic N) is 2. The Balaban J connectivity index is 1.95. The fourth-order valence-electron chi connectivity index (χ4n) is 3.37. The van der Waals surface area contributed by atoms with Crippen LogP contribution < -0.4 is 4.74 Å². The lowest BCUT2D eigenvalue weighted by Gasteiger charge is -2.39. The maximum Gasteiger partial charge on any atom is 0.338 e. The summed E-state index contributed by atoms with van der Waals surface area (Å²) in [7, 11) is 0. The number of hydrogen-bond donors (Lipinski definition) is 0. The third-order valence-corrected chi connectivity index (χ3v) is 5.89. The van der Waals surface area contributed by atoms with Gasteiger partial charge in [-0.1, -0.05) is 51.1 Å². The van der Waals surface area contributed by atoms with Crippen LogP contribution in [0.2, 0.25) is 0 Å². The van der Waals surface area contributed by atoms with E-state index in [1.807, 2.05) is 45.0 Å². The maximum atomic E-state index is 13.0. The van der Waals surface area contributed by atoms with Crippen molar-refractivity contribution < 1.29 is 19.1 Å². The molecule has 0 N–H and O–H groups in total. The molecule has 1 unspecified atom stereocenters. The number of ether oxygens (including phenoxy) is 2. The normalized spacial score (nSPS) is 19.0. The quantitative estimate of drug-likeness (QED) is 0.441. The molecule has 7 heteroatoms. The number of carbonyl (C=O) groups is 2. The molecule has 30 heavy (non-hydrogen) atoms. The van der Waals surface area contributed by atoms with Crippen LogP contribution in [0.5, 0.6) is 5.75 Å². The first-order valence-electron chi connectivity index (χ1n) is 10.6. The van der Waals surface area contributed by atoms with Gasteiger partial charge in [-0.15, -0.1) is 0 Å².